The molecular formula is C8H16N2O4. The molecule has 0 aromatic rings. The van der Waals surface area contributed by atoms with Gasteiger partial charge in [0.15, 0.2) is 0 Å². The van der Waals surface area contributed by atoms with Gasteiger partial charge in [-0.25, -0.2) is 4.79 Å². The number of carbonyl (C=O) groups excluding carboxylic acids is 2. The third-order valence-electron chi connectivity index (χ3n) is 1.16. The van der Waals surface area contributed by atoms with Crippen LogP contribution in [0.1, 0.15) is 13.8 Å². The van der Waals surface area contributed by atoms with Crippen molar-refractivity contribution in [1.82, 2.24) is 5.32 Å². The number of ether oxygens (including phenoxy) is 2. The van der Waals surface area contributed by atoms with Crippen LogP contribution in [-0.2, 0) is 14.3 Å². The first-order chi connectivity index (χ1) is 6.52. The Bertz CT molecular complexity index is 194. The van der Waals surface area contributed by atoms with E-state index >= 15 is 0 Å². The van der Waals surface area contributed by atoms with E-state index in [0.29, 0.717) is 6.54 Å². The van der Waals surface area contributed by atoms with Gasteiger partial charge in [-0.05, 0) is 13.8 Å². The third-order valence-corrected chi connectivity index (χ3v) is 1.16. The molecule has 0 aromatic heterocycles. The summed E-state index contributed by atoms with van der Waals surface area (Å²) in [4.78, 5) is 21.1. The van der Waals surface area contributed by atoms with Gasteiger partial charge in [0.1, 0.15) is 6.61 Å². The maximum atomic E-state index is 10.9. The van der Waals surface area contributed by atoms with E-state index in [1.165, 1.54) is 0 Å². The zero-order valence-electron chi connectivity index (χ0n) is 8.41. The van der Waals surface area contributed by atoms with Gasteiger partial charge in [-0.2, -0.15) is 0 Å². The number of carbonyl (C=O) groups is 2. The summed E-state index contributed by atoms with van der Waals surface area (Å²) in [5, 5.41) is 2.74. The fourth-order valence-electron chi connectivity index (χ4n) is 0.719. The average Bonchev–Trinajstić information content (AvgIpc) is 2.01. The van der Waals surface area contributed by atoms with Gasteiger partial charge in [0.25, 0.3) is 0 Å². The van der Waals surface area contributed by atoms with Gasteiger partial charge in [-0.1, -0.05) is 0 Å². The summed E-state index contributed by atoms with van der Waals surface area (Å²) in [6.07, 6.45) is -0.942. The Morgan fingerprint density at radius 2 is 2.07 bits per heavy atom. The smallest absolute Gasteiger partial charge is 0.404 e. The molecule has 1 amide bonds. The Morgan fingerprint density at radius 1 is 1.43 bits per heavy atom. The zero-order chi connectivity index (χ0) is 11.0. The number of nitrogens with one attached hydrogen (secondary N) is 1. The first-order valence-corrected chi connectivity index (χ1v) is 4.34. The minimum Gasteiger partial charge on any atom is -0.462 e. The van der Waals surface area contributed by atoms with E-state index in [9.17, 15) is 9.59 Å². The molecule has 0 aliphatic rings. The predicted octanol–water partition coefficient (Wildman–Crippen LogP) is -0.377. The van der Waals surface area contributed by atoms with Gasteiger partial charge in [-0.15, -0.1) is 0 Å². The van der Waals surface area contributed by atoms with E-state index in [0.717, 1.165) is 0 Å². The van der Waals surface area contributed by atoms with Crippen LogP contribution in [0.25, 0.3) is 0 Å². The van der Waals surface area contributed by atoms with Crippen molar-refractivity contribution in [2.75, 3.05) is 19.7 Å². The summed E-state index contributed by atoms with van der Waals surface area (Å²) in [5.74, 6) is -0.334. The zero-order valence-corrected chi connectivity index (χ0v) is 8.41. The highest BCUT2D eigenvalue weighted by Gasteiger charge is 2.03. The molecule has 0 atom stereocenters. The molecular weight excluding hydrogens is 188 g/mol. The molecule has 0 unspecified atom stereocenters. The molecule has 0 saturated heterocycles. The second-order valence-electron chi connectivity index (χ2n) is 2.88. The molecule has 0 aliphatic heterocycles. The van der Waals surface area contributed by atoms with Crippen molar-refractivity contribution >= 4 is 12.1 Å². The summed E-state index contributed by atoms with van der Waals surface area (Å²) in [5.41, 5.74) is 4.72. The van der Waals surface area contributed by atoms with E-state index in [1.54, 1.807) is 13.8 Å². The molecule has 82 valence electrons. The summed E-state index contributed by atoms with van der Waals surface area (Å²) >= 11 is 0. The molecule has 6 heteroatoms. The molecule has 6 nitrogen and oxygen atoms in total. The summed E-state index contributed by atoms with van der Waals surface area (Å²) in [7, 11) is 0. The summed E-state index contributed by atoms with van der Waals surface area (Å²) < 4.78 is 9.27. The first kappa shape index (κ1) is 12.7. The van der Waals surface area contributed by atoms with Crippen molar-refractivity contribution < 1.29 is 19.1 Å². The van der Waals surface area contributed by atoms with E-state index < -0.39 is 6.09 Å². The van der Waals surface area contributed by atoms with Crippen molar-refractivity contribution in [3.8, 4) is 0 Å². The van der Waals surface area contributed by atoms with Gasteiger partial charge in [0, 0.05) is 6.54 Å². The Kier molecular flexibility index (Phi) is 6.47. The van der Waals surface area contributed by atoms with E-state index in [4.69, 9.17) is 10.5 Å². The Morgan fingerprint density at radius 3 is 2.57 bits per heavy atom. The van der Waals surface area contributed by atoms with Gasteiger partial charge >= 0.3 is 12.1 Å². The molecule has 3 N–H and O–H groups in total. The van der Waals surface area contributed by atoms with Crippen molar-refractivity contribution in [3.63, 3.8) is 0 Å². The maximum Gasteiger partial charge on any atom is 0.404 e. The largest absolute Gasteiger partial charge is 0.462 e. The lowest BCUT2D eigenvalue weighted by Gasteiger charge is -2.08. The lowest BCUT2D eigenvalue weighted by molar-refractivity contribution is -0.146. The number of rotatable bonds is 6. The van der Waals surface area contributed by atoms with E-state index in [-0.39, 0.29) is 25.2 Å². The minimum atomic E-state index is -0.823. The molecule has 0 fully saturated rings. The SMILES string of the molecule is CC(C)OC(=O)CNCCOC(N)=O. The van der Waals surface area contributed by atoms with Crippen molar-refractivity contribution in [1.29, 1.82) is 0 Å². The fourth-order valence-corrected chi connectivity index (χ4v) is 0.719. The van der Waals surface area contributed by atoms with Crippen molar-refractivity contribution in [2.45, 2.75) is 20.0 Å². The van der Waals surface area contributed by atoms with Gasteiger partial charge in [0.05, 0.1) is 12.6 Å². The summed E-state index contributed by atoms with van der Waals surface area (Å²) in [6.45, 7) is 4.16. The quantitative estimate of drug-likeness (QED) is 0.454. The number of hydrogen-bond donors (Lipinski definition) is 2. The highest BCUT2D eigenvalue weighted by Crippen LogP contribution is 1.87. The summed E-state index contributed by atoms with van der Waals surface area (Å²) in [6, 6.07) is 0. The topological polar surface area (TPSA) is 90.7 Å². The lowest BCUT2D eigenvalue weighted by Crippen LogP contribution is -2.30. The van der Waals surface area contributed by atoms with Crippen LogP contribution in [0.2, 0.25) is 0 Å². The predicted molar refractivity (Wildman–Crippen MR) is 49.6 cm³/mol. The van der Waals surface area contributed by atoms with Crippen LogP contribution < -0.4 is 11.1 Å². The number of hydrogen-bond acceptors (Lipinski definition) is 5. The molecule has 0 aromatic carbocycles. The first-order valence-electron chi connectivity index (χ1n) is 4.34. The van der Waals surface area contributed by atoms with Crippen LogP contribution in [0.4, 0.5) is 4.79 Å². The highest BCUT2D eigenvalue weighted by molar-refractivity contribution is 5.71. The number of esters is 1. The number of primary amides is 1. The Labute approximate surface area is 82.7 Å². The second-order valence-corrected chi connectivity index (χ2v) is 2.88. The molecule has 0 aliphatic carbocycles. The van der Waals surface area contributed by atoms with Crippen molar-refractivity contribution in [3.05, 3.63) is 0 Å². The van der Waals surface area contributed by atoms with Crippen molar-refractivity contribution in [2.24, 2.45) is 5.73 Å². The van der Waals surface area contributed by atoms with Gasteiger partial charge in [-0.3, -0.25) is 4.79 Å². The fraction of sp³-hybridized carbons (Fsp3) is 0.750. The minimum absolute atomic E-state index is 0.0975. The monoisotopic (exact) mass is 204 g/mol. The average molecular weight is 204 g/mol. The standard InChI is InChI=1S/C8H16N2O4/c1-6(2)14-7(11)5-10-3-4-13-8(9)12/h6,10H,3-5H2,1-2H3,(H2,9,12). The second kappa shape index (κ2) is 7.14. The molecule has 14 heavy (non-hydrogen) atoms. The van der Waals surface area contributed by atoms with Gasteiger partial charge in [0.2, 0.25) is 0 Å². The molecule has 0 spiro atoms. The normalized spacial score (nSPS) is 9.93. The van der Waals surface area contributed by atoms with Crippen LogP contribution in [0, 0.1) is 0 Å². The third kappa shape index (κ3) is 8.79. The van der Waals surface area contributed by atoms with Crippen LogP contribution in [0.5, 0.6) is 0 Å². The van der Waals surface area contributed by atoms with E-state index in [1.807, 2.05) is 0 Å². The van der Waals surface area contributed by atoms with Crippen LogP contribution in [0.15, 0.2) is 0 Å². The molecule has 0 heterocycles. The van der Waals surface area contributed by atoms with Crippen LogP contribution >= 0.6 is 0 Å². The van der Waals surface area contributed by atoms with Crippen LogP contribution in [-0.4, -0.2) is 37.9 Å². The lowest BCUT2D eigenvalue weighted by atomic mass is 10.5. The maximum absolute atomic E-state index is 10.9. The number of amides is 1. The Balaban J connectivity index is 3.27. The number of nitrogens with two attached hydrogens (primary N) is 1. The van der Waals surface area contributed by atoms with Crippen LogP contribution in [0.3, 0.4) is 0 Å². The molecule has 0 bridgehead atoms. The van der Waals surface area contributed by atoms with Gasteiger partial charge < -0.3 is 20.5 Å². The molecule has 0 rings (SSSR count). The van der Waals surface area contributed by atoms with E-state index in [2.05, 4.69) is 10.1 Å². The molecule has 0 radical (unpaired) electrons. The molecule has 0 saturated carbocycles. The Hall–Kier alpha value is -1.30. The highest BCUT2D eigenvalue weighted by atomic mass is 16.5.